The maximum Gasteiger partial charge on any atom is 0.205 e. The Labute approximate surface area is 107 Å². The van der Waals surface area contributed by atoms with Gasteiger partial charge in [-0.15, -0.1) is 6.42 Å². The van der Waals surface area contributed by atoms with Gasteiger partial charge in [-0.05, 0) is 24.3 Å². The van der Waals surface area contributed by atoms with Crippen molar-refractivity contribution >= 4 is 17.9 Å². The number of terminal acetylenes is 1. The Balaban J connectivity index is 2.49. The Morgan fingerprint density at radius 1 is 0.944 bits per heavy atom. The van der Waals surface area contributed by atoms with Crippen LogP contribution in [0.4, 0.5) is 0 Å². The van der Waals surface area contributed by atoms with Crippen LogP contribution < -0.4 is 15.7 Å². The smallest absolute Gasteiger partial charge is 0.205 e. The zero-order valence-electron chi connectivity index (χ0n) is 9.91. The van der Waals surface area contributed by atoms with Crippen molar-refractivity contribution in [3.05, 3.63) is 60.7 Å². The lowest BCUT2D eigenvalue weighted by Crippen LogP contribution is -2.27. The van der Waals surface area contributed by atoms with E-state index in [-0.39, 0.29) is 6.54 Å². The molecular formula is C15H14NOP. The molecule has 0 radical (unpaired) electrons. The van der Waals surface area contributed by atoms with Crippen molar-refractivity contribution in [2.45, 2.75) is 0 Å². The van der Waals surface area contributed by atoms with Crippen LogP contribution in [0.1, 0.15) is 0 Å². The number of benzene rings is 2. The van der Waals surface area contributed by atoms with E-state index in [0.717, 1.165) is 10.6 Å². The monoisotopic (exact) mass is 255 g/mol. The van der Waals surface area contributed by atoms with Crippen molar-refractivity contribution in [2.24, 2.45) is 0 Å². The molecule has 0 unspecified atom stereocenters. The molecule has 2 rings (SSSR count). The van der Waals surface area contributed by atoms with Crippen molar-refractivity contribution in [2.75, 3.05) is 6.54 Å². The first-order valence-electron chi connectivity index (χ1n) is 5.67. The first-order chi connectivity index (χ1) is 8.77. The Kier molecular flexibility index (Phi) is 3.99. The third-order valence-corrected chi connectivity index (χ3v) is 5.30. The summed E-state index contributed by atoms with van der Waals surface area (Å²) in [6.07, 6.45) is 5.26. The molecule has 0 aliphatic rings. The van der Waals surface area contributed by atoms with Gasteiger partial charge in [-0.3, -0.25) is 4.57 Å². The molecule has 0 aromatic heterocycles. The zero-order valence-corrected chi connectivity index (χ0v) is 10.8. The van der Waals surface area contributed by atoms with Gasteiger partial charge in [0.1, 0.15) is 0 Å². The van der Waals surface area contributed by atoms with Crippen molar-refractivity contribution in [1.29, 1.82) is 0 Å². The van der Waals surface area contributed by atoms with Gasteiger partial charge in [0, 0.05) is 10.6 Å². The van der Waals surface area contributed by atoms with E-state index in [1.54, 1.807) is 0 Å². The van der Waals surface area contributed by atoms with Gasteiger partial charge >= 0.3 is 0 Å². The molecule has 2 nitrogen and oxygen atoms in total. The summed E-state index contributed by atoms with van der Waals surface area (Å²) in [7, 11) is -2.83. The summed E-state index contributed by atoms with van der Waals surface area (Å²) in [5, 5.41) is 4.54. The van der Waals surface area contributed by atoms with Crippen molar-refractivity contribution in [1.82, 2.24) is 5.09 Å². The van der Waals surface area contributed by atoms with Crippen LogP contribution in [-0.4, -0.2) is 6.54 Å². The SMILES string of the molecule is C#CCNP(=O)(c1ccccc1)c1ccccc1. The standard InChI is InChI=1S/C15H14NOP/c1-2-13-16-18(17,14-9-5-3-6-10-14)15-11-7-4-8-12-15/h1,3-12H,13H2,(H,16,17). The fourth-order valence-corrected chi connectivity index (χ4v) is 3.93. The Hall–Kier alpha value is -1.81. The van der Waals surface area contributed by atoms with E-state index in [9.17, 15) is 4.57 Å². The van der Waals surface area contributed by atoms with Gasteiger partial charge in [-0.25, -0.2) is 5.09 Å². The second-order valence-electron chi connectivity index (χ2n) is 3.82. The lowest BCUT2D eigenvalue weighted by atomic mass is 10.4. The van der Waals surface area contributed by atoms with Crippen molar-refractivity contribution in [3.63, 3.8) is 0 Å². The van der Waals surface area contributed by atoms with Gasteiger partial charge in [-0.1, -0.05) is 42.3 Å². The molecule has 0 heterocycles. The first kappa shape index (κ1) is 12.6. The third kappa shape index (κ3) is 2.54. The van der Waals surface area contributed by atoms with Crippen LogP contribution in [0.15, 0.2) is 60.7 Å². The minimum atomic E-state index is -2.83. The van der Waals surface area contributed by atoms with E-state index in [0.29, 0.717) is 0 Å². The maximum absolute atomic E-state index is 13.2. The van der Waals surface area contributed by atoms with Gasteiger partial charge in [0.25, 0.3) is 0 Å². The summed E-state index contributed by atoms with van der Waals surface area (Å²) < 4.78 is 13.2. The first-order valence-corrected chi connectivity index (χ1v) is 7.38. The van der Waals surface area contributed by atoms with Crippen LogP contribution >= 0.6 is 7.29 Å². The highest BCUT2D eigenvalue weighted by atomic mass is 31.2. The third-order valence-electron chi connectivity index (χ3n) is 2.64. The molecule has 1 N–H and O–H groups in total. The molecule has 0 atom stereocenters. The minimum Gasteiger partial charge on any atom is -0.296 e. The number of rotatable bonds is 4. The quantitative estimate of drug-likeness (QED) is 0.670. The molecule has 18 heavy (non-hydrogen) atoms. The summed E-state index contributed by atoms with van der Waals surface area (Å²) in [5.74, 6) is 2.48. The second kappa shape index (κ2) is 5.69. The highest BCUT2D eigenvalue weighted by Gasteiger charge is 2.25. The van der Waals surface area contributed by atoms with E-state index >= 15 is 0 Å². The molecule has 2 aromatic carbocycles. The van der Waals surface area contributed by atoms with Gasteiger partial charge in [0.15, 0.2) is 0 Å². The molecule has 0 saturated carbocycles. The summed E-state index contributed by atoms with van der Waals surface area (Å²) >= 11 is 0. The highest BCUT2D eigenvalue weighted by Crippen LogP contribution is 2.37. The molecule has 0 aliphatic heterocycles. The average molecular weight is 255 g/mol. The Morgan fingerprint density at radius 3 is 1.78 bits per heavy atom. The molecule has 0 aliphatic carbocycles. The maximum atomic E-state index is 13.2. The summed E-state index contributed by atoms with van der Waals surface area (Å²) in [6.45, 7) is 0.279. The van der Waals surface area contributed by atoms with Crippen LogP contribution in [0.2, 0.25) is 0 Å². The molecular weight excluding hydrogens is 241 g/mol. The van der Waals surface area contributed by atoms with Crippen LogP contribution in [-0.2, 0) is 4.57 Å². The number of hydrogen-bond acceptors (Lipinski definition) is 1. The average Bonchev–Trinajstić information content (AvgIpc) is 2.46. The molecule has 0 spiro atoms. The van der Waals surface area contributed by atoms with Crippen molar-refractivity contribution in [3.8, 4) is 12.3 Å². The van der Waals surface area contributed by atoms with Gasteiger partial charge in [0.05, 0.1) is 6.54 Å². The highest BCUT2D eigenvalue weighted by molar-refractivity contribution is 7.76. The second-order valence-corrected chi connectivity index (χ2v) is 6.39. The fourth-order valence-electron chi connectivity index (χ4n) is 1.76. The predicted molar refractivity (Wildman–Crippen MR) is 76.6 cm³/mol. The lowest BCUT2D eigenvalue weighted by molar-refractivity contribution is 0.581. The summed E-state index contributed by atoms with van der Waals surface area (Å²) in [4.78, 5) is 0. The molecule has 0 saturated heterocycles. The molecule has 0 bridgehead atoms. The predicted octanol–water partition coefficient (Wildman–Crippen LogP) is 2.14. The van der Waals surface area contributed by atoms with Crippen LogP contribution in [0.25, 0.3) is 0 Å². The summed E-state index contributed by atoms with van der Waals surface area (Å²) in [6, 6.07) is 18.7. The fraction of sp³-hybridized carbons (Fsp3) is 0.0667. The topological polar surface area (TPSA) is 29.1 Å². The number of nitrogens with one attached hydrogen (secondary N) is 1. The van der Waals surface area contributed by atoms with E-state index in [1.165, 1.54) is 0 Å². The van der Waals surface area contributed by atoms with Crippen LogP contribution in [0.5, 0.6) is 0 Å². The lowest BCUT2D eigenvalue weighted by Gasteiger charge is -2.19. The number of hydrogen-bond donors (Lipinski definition) is 1. The van der Waals surface area contributed by atoms with E-state index < -0.39 is 7.29 Å². The van der Waals surface area contributed by atoms with Gasteiger partial charge < -0.3 is 0 Å². The van der Waals surface area contributed by atoms with Crippen LogP contribution in [0.3, 0.4) is 0 Å². The van der Waals surface area contributed by atoms with E-state index in [4.69, 9.17) is 6.42 Å². The molecule has 3 heteroatoms. The Morgan fingerprint density at radius 2 is 1.39 bits per heavy atom. The zero-order chi connectivity index (χ0) is 12.8. The van der Waals surface area contributed by atoms with Crippen LogP contribution in [0, 0.1) is 12.3 Å². The molecule has 90 valence electrons. The van der Waals surface area contributed by atoms with Gasteiger partial charge in [-0.2, -0.15) is 0 Å². The molecule has 0 amide bonds. The van der Waals surface area contributed by atoms with Crippen molar-refractivity contribution < 1.29 is 4.57 Å². The normalized spacial score (nSPS) is 10.8. The van der Waals surface area contributed by atoms with Gasteiger partial charge in [0.2, 0.25) is 7.29 Å². The minimum absolute atomic E-state index is 0.279. The largest absolute Gasteiger partial charge is 0.296 e. The molecule has 0 fully saturated rings. The van der Waals surface area contributed by atoms with E-state index in [2.05, 4.69) is 11.0 Å². The summed E-state index contributed by atoms with van der Waals surface area (Å²) in [5.41, 5.74) is 0. The Bertz CT molecular complexity index is 543. The molecule has 2 aromatic rings. The van der Waals surface area contributed by atoms with E-state index in [1.807, 2.05) is 60.7 Å².